The van der Waals surface area contributed by atoms with Gasteiger partial charge in [-0.3, -0.25) is 9.69 Å². The third kappa shape index (κ3) is 5.12. The summed E-state index contributed by atoms with van der Waals surface area (Å²) in [4.78, 5) is 24.0. The molecule has 1 aliphatic carbocycles. The fraction of sp³-hybridized carbons (Fsp3) is 0.519. The fourth-order valence-electron chi connectivity index (χ4n) is 5.74. The van der Waals surface area contributed by atoms with E-state index in [9.17, 15) is 22.9 Å². The van der Waals surface area contributed by atoms with E-state index in [0.29, 0.717) is 36.4 Å². The summed E-state index contributed by atoms with van der Waals surface area (Å²) in [7, 11) is 0. The van der Waals surface area contributed by atoms with Gasteiger partial charge in [-0.25, -0.2) is 0 Å². The average molecular weight is 503 g/mol. The van der Waals surface area contributed by atoms with Gasteiger partial charge in [0.15, 0.2) is 0 Å². The predicted molar refractivity (Wildman–Crippen MR) is 127 cm³/mol. The number of nitroso groups, excluding NO2 is 1. The molecule has 3 aliphatic rings. The van der Waals surface area contributed by atoms with Crippen molar-refractivity contribution in [1.29, 1.82) is 0 Å². The minimum Gasteiger partial charge on any atom is -0.492 e. The summed E-state index contributed by atoms with van der Waals surface area (Å²) in [5.41, 5.74) is 2.25. The lowest BCUT2D eigenvalue weighted by atomic mass is 9.96. The van der Waals surface area contributed by atoms with E-state index in [0.717, 1.165) is 55.5 Å². The molecule has 0 bridgehead atoms. The summed E-state index contributed by atoms with van der Waals surface area (Å²) < 4.78 is 53.8. The Hall–Kier alpha value is -2.94. The fourth-order valence-corrected chi connectivity index (χ4v) is 5.74. The summed E-state index contributed by atoms with van der Waals surface area (Å²) in [6, 6.07) is 8.11. The normalized spacial score (nSPS) is 21.9. The number of hydrogen-bond acceptors (Lipinski definition) is 5. The Morgan fingerprint density at radius 3 is 2.56 bits per heavy atom. The molecule has 36 heavy (non-hydrogen) atoms. The van der Waals surface area contributed by atoms with E-state index in [1.54, 1.807) is 18.2 Å². The number of ether oxygens (including phenoxy) is 2. The Morgan fingerprint density at radius 1 is 1.08 bits per heavy atom. The lowest BCUT2D eigenvalue weighted by Gasteiger charge is -2.25. The molecule has 5 rings (SSSR count). The molecule has 2 heterocycles. The Kier molecular flexibility index (Phi) is 7.01. The van der Waals surface area contributed by atoms with Crippen molar-refractivity contribution >= 4 is 5.91 Å². The van der Waals surface area contributed by atoms with Gasteiger partial charge in [0.2, 0.25) is 0 Å². The minimum atomic E-state index is -4.40. The van der Waals surface area contributed by atoms with Gasteiger partial charge in [-0.1, -0.05) is 25.0 Å². The van der Waals surface area contributed by atoms with E-state index in [1.807, 2.05) is 6.07 Å². The number of benzene rings is 2. The topological polar surface area (TPSA) is 68.2 Å². The van der Waals surface area contributed by atoms with Gasteiger partial charge in [0.1, 0.15) is 17.6 Å². The molecule has 1 fully saturated rings. The molecule has 0 aromatic heterocycles. The monoisotopic (exact) mass is 502 g/mol. The Labute approximate surface area is 207 Å². The molecule has 0 N–H and O–H groups in total. The average Bonchev–Trinajstić information content (AvgIpc) is 3.34. The smallest absolute Gasteiger partial charge is 0.416 e. The van der Waals surface area contributed by atoms with Crippen molar-refractivity contribution in [3.63, 3.8) is 0 Å². The van der Waals surface area contributed by atoms with Gasteiger partial charge in [-0.2, -0.15) is 13.2 Å². The number of hydrogen-bond donors (Lipinski definition) is 0. The molecular formula is C27H29F3N2O4. The van der Waals surface area contributed by atoms with Crippen LogP contribution in [0.25, 0.3) is 0 Å². The number of rotatable bonds is 6. The standard InChI is InChI=1S/C27H29F3N2O4/c28-27(29,30)23-9-7-21-20(22(23)15-32-11-3-1-2-4-12-32)8-10-24(21)36-18-5-6-19-17(13-26(33)31-34)16-35-25(19)14-18/h5-7,9,14,17,24H,1-4,8,10-13,15-16H2/t17-,24-/m1/s1. The SMILES string of the molecule is O=NC(=O)C[C@@H]1COc2cc(O[C@@H]3CCc4c3ccc(C(F)(F)F)c4CN3CCCCCC3)ccc21. The highest BCUT2D eigenvalue weighted by Crippen LogP contribution is 2.44. The van der Waals surface area contributed by atoms with Crippen LogP contribution >= 0.6 is 0 Å². The summed E-state index contributed by atoms with van der Waals surface area (Å²) in [6.07, 6.45) is 0.675. The van der Waals surface area contributed by atoms with E-state index < -0.39 is 17.6 Å². The second-order valence-corrected chi connectivity index (χ2v) is 9.89. The van der Waals surface area contributed by atoms with Crippen LogP contribution in [0.4, 0.5) is 13.2 Å². The van der Waals surface area contributed by atoms with Crippen LogP contribution in [0.5, 0.6) is 11.5 Å². The first kappa shape index (κ1) is 24.7. The van der Waals surface area contributed by atoms with Crippen molar-refractivity contribution < 1.29 is 27.4 Å². The molecule has 2 atom stereocenters. The molecule has 0 unspecified atom stereocenters. The van der Waals surface area contributed by atoms with Crippen LogP contribution in [0.15, 0.2) is 35.5 Å². The predicted octanol–water partition coefficient (Wildman–Crippen LogP) is 6.31. The maximum atomic E-state index is 13.9. The van der Waals surface area contributed by atoms with Crippen LogP contribution in [-0.2, 0) is 23.9 Å². The van der Waals surface area contributed by atoms with Gasteiger partial charge in [0, 0.05) is 35.7 Å². The number of alkyl halides is 3. The summed E-state index contributed by atoms with van der Waals surface area (Å²) in [5.74, 6) is 0.201. The highest BCUT2D eigenvalue weighted by molar-refractivity contribution is 5.77. The van der Waals surface area contributed by atoms with Gasteiger partial charge < -0.3 is 9.47 Å². The molecule has 192 valence electrons. The summed E-state index contributed by atoms with van der Waals surface area (Å²) in [6.45, 7) is 2.25. The largest absolute Gasteiger partial charge is 0.492 e. The highest BCUT2D eigenvalue weighted by Gasteiger charge is 2.38. The van der Waals surface area contributed by atoms with Crippen molar-refractivity contribution in [2.45, 2.75) is 69.7 Å². The van der Waals surface area contributed by atoms with E-state index in [4.69, 9.17) is 9.47 Å². The number of halogens is 3. The molecule has 1 amide bonds. The zero-order valence-electron chi connectivity index (χ0n) is 20.0. The third-order valence-corrected chi connectivity index (χ3v) is 7.52. The molecule has 9 heteroatoms. The maximum absolute atomic E-state index is 13.9. The Bertz CT molecular complexity index is 1140. The first-order valence-electron chi connectivity index (χ1n) is 12.6. The number of likely N-dealkylation sites (tertiary alicyclic amines) is 1. The molecule has 6 nitrogen and oxygen atoms in total. The van der Waals surface area contributed by atoms with Gasteiger partial charge in [0.05, 0.1) is 12.2 Å². The number of carbonyl (C=O) groups excluding carboxylic acids is 1. The van der Waals surface area contributed by atoms with Crippen LogP contribution in [-0.4, -0.2) is 30.5 Å². The Balaban J connectivity index is 1.37. The third-order valence-electron chi connectivity index (χ3n) is 7.52. The maximum Gasteiger partial charge on any atom is 0.416 e. The minimum absolute atomic E-state index is 0.00592. The van der Waals surface area contributed by atoms with Crippen molar-refractivity contribution in [3.8, 4) is 11.5 Å². The molecule has 0 spiro atoms. The summed E-state index contributed by atoms with van der Waals surface area (Å²) >= 11 is 0. The van der Waals surface area contributed by atoms with Crippen LogP contribution in [0, 0.1) is 4.91 Å². The molecule has 0 saturated carbocycles. The second-order valence-electron chi connectivity index (χ2n) is 9.89. The van der Waals surface area contributed by atoms with Gasteiger partial charge >= 0.3 is 6.18 Å². The van der Waals surface area contributed by atoms with Crippen LogP contribution in [0.3, 0.4) is 0 Å². The molecule has 2 aromatic carbocycles. The number of nitrogens with zero attached hydrogens (tertiary/aromatic N) is 2. The highest BCUT2D eigenvalue weighted by atomic mass is 19.4. The number of carbonyl (C=O) groups is 1. The molecule has 2 aromatic rings. The number of amides is 1. The van der Waals surface area contributed by atoms with Crippen LogP contribution < -0.4 is 9.47 Å². The molecular weight excluding hydrogens is 473 g/mol. The Morgan fingerprint density at radius 2 is 1.83 bits per heavy atom. The zero-order chi connectivity index (χ0) is 25.3. The molecule has 2 aliphatic heterocycles. The van der Waals surface area contributed by atoms with Crippen molar-refractivity contribution in [2.75, 3.05) is 19.7 Å². The molecule has 0 radical (unpaired) electrons. The first-order chi connectivity index (χ1) is 17.3. The first-order valence-corrected chi connectivity index (χ1v) is 12.6. The van der Waals surface area contributed by atoms with E-state index in [2.05, 4.69) is 10.1 Å². The summed E-state index contributed by atoms with van der Waals surface area (Å²) in [5, 5.41) is 2.46. The van der Waals surface area contributed by atoms with Crippen LogP contribution in [0.1, 0.15) is 78.4 Å². The van der Waals surface area contributed by atoms with Crippen molar-refractivity contribution in [1.82, 2.24) is 4.90 Å². The van der Waals surface area contributed by atoms with Gasteiger partial charge in [0.25, 0.3) is 5.91 Å². The zero-order valence-corrected chi connectivity index (χ0v) is 20.0. The number of fused-ring (bicyclic) bond motifs is 2. The van der Waals surface area contributed by atoms with Gasteiger partial charge in [-0.05, 0) is 67.6 Å². The van der Waals surface area contributed by atoms with Crippen molar-refractivity contribution in [3.05, 3.63) is 63.1 Å². The second kappa shape index (κ2) is 10.2. The lowest BCUT2D eigenvalue weighted by molar-refractivity contribution is -0.138. The van der Waals surface area contributed by atoms with E-state index in [-0.39, 0.29) is 25.0 Å². The quantitative estimate of drug-likeness (QED) is 0.433. The van der Waals surface area contributed by atoms with Crippen LogP contribution in [0.2, 0.25) is 0 Å². The van der Waals surface area contributed by atoms with E-state index in [1.165, 1.54) is 6.07 Å². The van der Waals surface area contributed by atoms with Crippen molar-refractivity contribution in [2.24, 2.45) is 5.18 Å². The van der Waals surface area contributed by atoms with Gasteiger partial charge in [-0.15, -0.1) is 4.91 Å². The van der Waals surface area contributed by atoms with E-state index >= 15 is 0 Å². The lowest BCUT2D eigenvalue weighted by Crippen LogP contribution is -2.26. The molecule has 1 saturated heterocycles.